The molecule has 0 aliphatic rings. The van der Waals surface area contributed by atoms with Crippen LogP contribution in [0.5, 0.6) is 0 Å². The summed E-state index contributed by atoms with van der Waals surface area (Å²) in [6.07, 6.45) is -7.68. The molecule has 0 fully saturated rings. The predicted molar refractivity (Wildman–Crippen MR) is 36.3 cm³/mol. The van der Waals surface area contributed by atoms with Gasteiger partial charge in [-0.1, -0.05) is 30.3 Å². The lowest BCUT2D eigenvalue weighted by molar-refractivity contribution is -0.182. The van der Waals surface area contributed by atoms with Crippen LogP contribution in [0.15, 0.2) is 30.3 Å². The zero-order valence-corrected chi connectivity index (χ0v) is 5.98. The molecular weight excluding hydrogens is 172 g/mol. The highest BCUT2D eigenvalue weighted by Gasteiger charge is 2.40. The average molecular weight is 178 g/mol. The Hall–Kier alpha value is -1.06. The second kappa shape index (κ2) is 3.13. The first kappa shape index (κ1) is 9.03. The summed E-state index contributed by atoms with van der Waals surface area (Å²) >= 11 is 0. The largest absolute Gasteiger partial charge is 0.423 e. The Bertz CT molecular complexity index is 239. The van der Waals surface area contributed by atoms with E-state index in [1.807, 2.05) is 0 Å². The molecule has 0 heterocycles. The van der Waals surface area contributed by atoms with E-state index in [1.54, 1.807) is 0 Å². The summed E-state index contributed by atoms with van der Waals surface area (Å²) in [5, 5.41) is 0. The standard InChI is InChI=1S/C8H6F4/c9-7(8(10,11)12)6-4-2-1-3-5-6/h1-5,7H/t7-/m1/s1. The summed E-state index contributed by atoms with van der Waals surface area (Å²) in [4.78, 5) is 0. The molecule has 0 radical (unpaired) electrons. The van der Waals surface area contributed by atoms with Crippen LogP contribution in [0.4, 0.5) is 17.6 Å². The van der Waals surface area contributed by atoms with Gasteiger partial charge in [0, 0.05) is 0 Å². The van der Waals surface area contributed by atoms with E-state index in [0.717, 1.165) is 12.1 Å². The van der Waals surface area contributed by atoms with E-state index in [0.29, 0.717) is 0 Å². The minimum atomic E-state index is -4.80. The van der Waals surface area contributed by atoms with Crippen molar-refractivity contribution in [3.05, 3.63) is 35.9 Å². The molecule has 12 heavy (non-hydrogen) atoms. The second-order valence-electron chi connectivity index (χ2n) is 2.31. The number of alkyl halides is 4. The third-order valence-corrected chi connectivity index (χ3v) is 1.38. The molecule has 1 aromatic carbocycles. The molecule has 0 aliphatic heterocycles. The molecule has 1 aromatic rings. The summed E-state index contributed by atoms with van der Waals surface area (Å²) in [5.74, 6) is 0. The lowest BCUT2D eigenvalue weighted by atomic mass is 10.1. The van der Waals surface area contributed by atoms with E-state index >= 15 is 0 Å². The molecule has 1 atom stereocenters. The van der Waals surface area contributed by atoms with Crippen molar-refractivity contribution in [2.45, 2.75) is 12.3 Å². The van der Waals surface area contributed by atoms with E-state index in [2.05, 4.69) is 0 Å². The summed E-state index contributed by atoms with van der Waals surface area (Å²) in [6.45, 7) is 0. The van der Waals surface area contributed by atoms with Crippen LogP contribution in [0.25, 0.3) is 0 Å². The van der Waals surface area contributed by atoms with Crippen LogP contribution in [0.3, 0.4) is 0 Å². The molecule has 0 bridgehead atoms. The number of benzene rings is 1. The molecule has 0 unspecified atom stereocenters. The Morgan fingerprint density at radius 2 is 1.50 bits per heavy atom. The van der Waals surface area contributed by atoms with Gasteiger partial charge in [0.25, 0.3) is 0 Å². The lowest BCUT2D eigenvalue weighted by Gasteiger charge is -2.11. The zero-order valence-electron chi connectivity index (χ0n) is 5.98. The molecule has 4 heteroatoms. The van der Waals surface area contributed by atoms with Crippen molar-refractivity contribution in [3.8, 4) is 0 Å². The first-order valence-electron chi connectivity index (χ1n) is 3.27. The Morgan fingerprint density at radius 1 is 1.00 bits per heavy atom. The molecular formula is C8H6F4. The van der Waals surface area contributed by atoms with Crippen LogP contribution in [0.2, 0.25) is 0 Å². The molecule has 66 valence electrons. The smallest absolute Gasteiger partial charge is 0.232 e. The molecule has 0 amide bonds. The van der Waals surface area contributed by atoms with Gasteiger partial charge in [-0.2, -0.15) is 13.2 Å². The van der Waals surface area contributed by atoms with Crippen LogP contribution < -0.4 is 0 Å². The van der Waals surface area contributed by atoms with Crippen molar-refractivity contribution in [1.82, 2.24) is 0 Å². The first-order valence-corrected chi connectivity index (χ1v) is 3.27. The normalized spacial score (nSPS) is 14.3. The van der Waals surface area contributed by atoms with Crippen molar-refractivity contribution >= 4 is 0 Å². The van der Waals surface area contributed by atoms with Crippen molar-refractivity contribution in [2.24, 2.45) is 0 Å². The highest BCUT2D eigenvalue weighted by molar-refractivity contribution is 5.18. The van der Waals surface area contributed by atoms with Gasteiger partial charge in [-0.15, -0.1) is 0 Å². The fraction of sp³-hybridized carbons (Fsp3) is 0.250. The minimum Gasteiger partial charge on any atom is -0.232 e. The molecule has 0 nitrogen and oxygen atoms in total. The van der Waals surface area contributed by atoms with Crippen LogP contribution in [0.1, 0.15) is 11.7 Å². The van der Waals surface area contributed by atoms with Crippen LogP contribution in [-0.4, -0.2) is 6.18 Å². The maximum absolute atomic E-state index is 12.5. The monoisotopic (exact) mass is 178 g/mol. The van der Waals surface area contributed by atoms with Gasteiger partial charge < -0.3 is 0 Å². The van der Waals surface area contributed by atoms with Gasteiger partial charge in [-0.05, 0) is 5.56 Å². The zero-order chi connectivity index (χ0) is 9.19. The quantitative estimate of drug-likeness (QED) is 0.579. The van der Waals surface area contributed by atoms with Gasteiger partial charge >= 0.3 is 6.18 Å². The molecule has 0 spiro atoms. The van der Waals surface area contributed by atoms with Gasteiger partial charge in [-0.25, -0.2) is 4.39 Å². The summed E-state index contributed by atoms with van der Waals surface area (Å²) in [7, 11) is 0. The summed E-state index contributed by atoms with van der Waals surface area (Å²) in [5.41, 5.74) is -0.356. The third-order valence-electron chi connectivity index (χ3n) is 1.38. The van der Waals surface area contributed by atoms with Crippen LogP contribution in [0, 0.1) is 0 Å². The van der Waals surface area contributed by atoms with Crippen LogP contribution in [-0.2, 0) is 0 Å². The minimum absolute atomic E-state index is 0.356. The lowest BCUT2D eigenvalue weighted by Crippen LogP contribution is -2.16. The predicted octanol–water partition coefficient (Wildman–Crippen LogP) is 3.26. The van der Waals surface area contributed by atoms with Gasteiger partial charge in [0.05, 0.1) is 0 Å². The highest BCUT2D eigenvalue weighted by Crippen LogP contribution is 2.35. The second-order valence-corrected chi connectivity index (χ2v) is 2.31. The van der Waals surface area contributed by atoms with Gasteiger partial charge in [0.15, 0.2) is 0 Å². The molecule has 0 N–H and O–H groups in total. The summed E-state index contributed by atoms with van der Waals surface area (Å²) in [6, 6.07) is 6.49. The maximum Gasteiger partial charge on any atom is 0.423 e. The molecule has 0 aromatic heterocycles. The van der Waals surface area contributed by atoms with Crippen molar-refractivity contribution < 1.29 is 17.6 Å². The number of halogens is 4. The fourth-order valence-electron chi connectivity index (χ4n) is 0.811. The van der Waals surface area contributed by atoms with Gasteiger partial charge in [0.2, 0.25) is 6.17 Å². The maximum atomic E-state index is 12.5. The van der Waals surface area contributed by atoms with E-state index in [9.17, 15) is 17.6 Å². The Kier molecular flexibility index (Phi) is 2.35. The Balaban J connectivity index is 2.86. The Labute approximate surface area is 66.8 Å². The van der Waals surface area contributed by atoms with E-state index < -0.39 is 12.3 Å². The molecule has 1 rings (SSSR count). The van der Waals surface area contributed by atoms with Gasteiger partial charge in [-0.3, -0.25) is 0 Å². The topological polar surface area (TPSA) is 0 Å². The number of hydrogen-bond donors (Lipinski definition) is 0. The fourth-order valence-corrected chi connectivity index (χ4v) is 0.811. The Morgan fingerprint density at radius 3 is 1.92 bits per heavy atom. The van der Waals surface area contributed by atoms with Crippen molar-refractivity contribution in [3.63, 3.8) is 0 Å². The average Bonchev–Trinajstić information content (AvgIpc) is 2.03. The van der Waals surface area contributed by atoms with E-state index in [4.69, 9.17) is 0 Å². The first-order chi connectivity index (χ1) is 5.52. The number of hydrogen-bond acceptors (Lipinski definition) is 0. The van der Waals surface area contributed by atoms with Crippen LogP contribution >= 0.6 is 0 Å². The number of rotatable bonds is 1. The third kappa shape index (κ3) is 1.96. The summed E-state index contributed by atoms with van der Waals surface area (Å²) < 4.78 is 47.8. The van der Waals surface area contributed by atoms with E-state index in [1.165, 1.54) is 18.2 Å². The van der Waals surface area contributed by atoms with E-state index in [-0.39, 0.29) is 5.56 Å². The highest BCUT2D eigenvalue weighted by atomic mass is 19.4. The van der Waals surface area contributed by atoms with Crippen molar-refractivity contribution in [1.29, 1.82) is 0 Å². The van der Waals surface area contributed by atoms with Gasteiger partial charge in [0.1, 0.15) is 0 Å². The molecule has 0 saturated carbocycles. The SMILES string of the molecule is F[C@H](c1ccccc1)C(F)(F)F. The molecule has 0 aliphatic carbocycles. The molecule has 0 saturated heterocycles. The van der Waals surface area contributed by atoms with Crippen molar-refractivity contribution in [2.75, 3.05) is 0 Å².